The number of ether oxygens (including phenoxy) is 2. The number of anilines is 1. The van der Waals surface area contributed by atoms with Gasteiger partial charge in [-0.05, 0) is 30.0 Å². The number of benzene rings is 3. The average molecular weight is 438 g/mol. The second kappa shape index (κ2) is 9.43. The second-order valence-corrected chi connectivity index (χ2v) is 8.20. The van der Waals surface area contributed by atoms with Crippen molar-refractivity contribution in [3.8, 4) is 28.3 Å². The lowest BCUT2D eigenvalue weighted by Crippen LogP contribution is -2.23. The van der Waals surface area contributed by atoms with Gasteiger partial charge in [-0.15, -0.1) is 0 Å². The van der Waals surface area contributed by atoms with Gasteiger partial charge in [0.2, 0.25) is 0 Å². The van der Waals surface area contributed by atoms with Crippen LogP contribution in [0.2, 0.25) is 0 Å². The molecule has 1 heterocycles. The van der Waals surface area contributed by atoms with E-state index in [0.29, 0.717) is 0 Å². The molecular weight excluding hydrogens is 410 g/mol. The van der Waals surface area contributed by atoms with E-state index in [4.69, 9.17) is 19.4 Å². The summed E-state index contributed by atoms with van der Waals surface area (Å²) in [6.07, 6.45) is 3.85. The summed E-state index contributed by atoms with van der Waals surface area (Å²) in [5, 5.41) is 0. The number of nitrogens with zero attached hydrogens (tertiary/aromatic N) is 3. The number of fused-ring (bicyclic) bond motifs is 1. The van der Waals surface area contributed by atoms with Crippen molar-refractivity contribution in [1.29, 1.82) is 0 Å². The first-order chi connectivity index (χ1) is 16.3. The van der Waals surface area contributed by atoms with Crippen LogP contribution in [0, 0.1) is 0 Å². The molecule has 1 aliphatic carbocycles. The highest BCUT2D eigenvalue weighted by Crippen LogP contribution is 2.41. The van der Waals surface area contributed by atoms with Crippen molar-refractivity contribution in [2.45, 2.75) is 18.9 Å². The summed E-state index contributed by atoms with van der Waals surface area (Å²) in [5.41, 5.74) is 6.43. The molecule has 1 atom stereocenters. The van der Waals surface area contributed by atoms with Crippen molar-refractivity contribution in [2.75, 3.05) is 25.9 Å². The Morgan fingerprint density at radius 1 is 0.879 bits per heavy atom. The molecule has 4 aromatic rings. The maximum absolute atomic E-state index is 5.80. The molecule has 0 spiro atoms. The molecule has 1 aromatic heterocycles. The topological polar surface area (TPSA) is 47.5 Å². The van der Waals surface area contributed by atoms with E-state index in [1.165, 1.54) is 11.1 Å². The molecule has 0 saturated carbocycles. The van der Waals surface area contributed by atoms with E-state index >= 15 is 0 Å². The summed E-state index contributed by atoms with van der Waals surface area (Å²) in [5.74, 6) is 1.76. The zero-order valence-corrected chi connectivity index (χ0v) is 18.9. The highest BCUT2D eigenvalue weighted by Gasteiger charge is 2.29. The fraction of sp³-hybridized carbons (Fsp3) is 0.214. The van der Waals surface area contributed by atoms with Crippen molar-refractivity contribution in [3.63, 3.8) is 0 Å². The van der Waals surface area contributed by atoms with Crippen molar-refractivity contribution < 1.29 is 9.47 Å². The van der Waals surface area contributed by atoms with Crippen LogP contribution in [0.5, 0.6) is 5.75 Å². The third-order valence-corrected chi connectivity index (χ3v) is 6.21. The van der Waals surface area contributed by atoms with E-state index in [-0.39, 0.29) is 12.8 Å². The van der Waals surface area contributed by atoms with Crippen molar-refractivity contribution in [2.24, 2.45) is 0 Å². The Balaban J connectivity index is 1.52. The summed E-state index contributed by atoms with van der Waals surface area (Å²) in [4.78, 5) is 12.2. The van der Waals surface area contributed by atoms with Crippen LogP contribution in [0.25, 0.3) is 22.5 Å². The fourth-order valence-corrected chi connectivity index (χ4v) is 4.57. The first kappa shape index (κ1) is 21.2. The van der Waals surface area contributed by atoms with Gasteiger partial charge >= 0.3 is 0 Å². The van der Waals surface area contributed by atoms with Crippen molar-refractivity contribution >= 4 is 5.82 Å². The highest BCUT2D eigenvalue weighted by atomic mass is 16.7. The quantitative estimate of drug-likeness (QED) is 0.336. The Morgan fingerprint density at radius 3 is 2.27 bits per heavy atom. The fourth-order valence-electron chi connectivity index (χ4n) is 4.57. The van der Waals surface area contributed by atoms with Crippen LogP contribution in [-0.2, 0) is 11.2 Å². The molecule has 5 heteroatoms. The summed E-state index contributed by atoms with van der Waals surface area (Å²) < 4.78 is 10.9. The van der Waals surface area contributed by atoms with Gasteiger partial charge in [-0.1, -0.05) is 72.8 Å². The van der Waals surface area contributed by atoms with Gasteiger partial charge in [-0.3, -0.25) is 4.98 Å². The minimum absolute atomic E-state index is 0.214. The van der Waals surface area contributed by atoms with E-state index in [1.54, 1.807) is 7.11 Å². The normalized spacial score (nSPS) is 14.7. The molecular formula is C28H27N3O2. The van der Waals surface area contributed by atoms with Gasteiger partial charge in [0.25, 0.3) is 0 Å². The summed E-state index contributed by atoms with van der Waals surface area (Å²) in [6.45, 7) is 0.254. The highest BCUT2D eigenvalue weighted by molar-refractivity contribution is 5.78. The summed E-state index contributed by atoms with van der Waals surface area (Å²) in [6, 6.07) is 27.0. The molecule has 0 bridgehead atoms. The van der Waals surface area contributed by atoms with Gasteiger partial charge in [-0.2, -0.15) is 0 Å². The number of methoxy groups -OCH3 is 1. The van der Waals surface area contributed by atoms with Gasteiger partial charge in [0, 0.05) is 25.3 Å². The number of hydrogen-bond acceptors (Lipinski definition) is 5. The van der Waals surface area contributed by atoms with Crippen LogP contribution in [0.3, 0.4) is 0 Å². The number of hydrogen-bond donors (Lipinski definition) is 0. The standard InChI is InChI=1S/C28H27N3O2/c1-31(24-17-16-23-22(24)14-9-15-25(23)33-19-32-2)26-18-29-27(20-10-5-3-6-11-20)28(30-26)21-12-7-4-8-13-21/h3-15,18,24H,16-17,19H2,1-2H3. The van der Waals surface area contributed by atoms with Crippen LogP contribution in [0.4, 0.5) is 5.82 Å². The van der Waals surface area contributed by atoms with E-state index in [9.17, 15) is 0 Å². The van der Waals surface area contributed by atoms with Gasteiger partial charge in [0.05, 0.1) is 23.6 Å². The van der Waals surface area contributed by atoms with E-state index in [1.807, 2.05) is 48.7 Å². The second-order valence-electron chi connectivity index (χ2n) is 8.20. The summed E-state index contributed by atoms with van der Waals surface area (Å²) >= 11 is 0. The monoisotopic (exact) mass is 437 g/mol. The van der Waals surface area contributed by atoms with E-state index in [0.717, 1.165) is 46.9 Å². The lowest BCUT2D eigenvalue weighted by atomic mass is 10.0. The molecule has 0 aliphatic heterocycles. The smallest absolute Gasteiger partial charge is 0.188 e. The van der Waals surface area contributed by atoms with Gasteiger partial charge in [0.1, 0.15) is 11.6 Å². The molecule has 166 valence electrons. The lowest BCUT2D eigenvalue weighted by Gasteiger charge is -2.27. The molecule has 0 amide bonds. The van der Waals surface area contributed by atoms with Gasteiger partial charge in [0.15, 0.2) is 6.79 Å². The Kier molecular flexibility index (Phi) is 6.05. The Hall–Kier alpha value is -3.70. The van der Waals surface area contributed by atoms with Crippen LogP contribution in [0.15, 0.2) is 85.1 Å². The Bertz CT molecular complexity index is 1230. The molecule has 5 rings (SSSR count). The van der Waals surface area contributed by atoms with E-state index in [2.05, 4.69) is 48.3 Å². The molecule has 33 heavy (non-hydrogen) atoms. The van der Waals surface area contributed by atoms with Crippen LogP contribution >= 0.6 is 0 Å². The Labute approximate surface area is 194 Å². The predicted octanol–water partition coefficient (Wildman–Crippen LogP) is 5.92. The molecule has 0 N–H and O–H groups in total. The number of rotatable bonds is 7. The maximum atomic E-state index is 5.80. The molecule has 1 unspecified atom stereocenters. The first-order valence-corrected chi connectivity index (χ1v) is 11.2. The van der Waals surface area contributed by atoms with Crippen LogP contribution in [-0.4, -0.2) is 30.9 Å². The summed E-state index contributed by atoms with van der Waals surface area (Å²) in [7, 11) is 3.74. The Morgan fingerprint density at radius 2 is 1.58 bits per heavy atom. The lowest BCUT2D eigenvalue weighted by molar-refractivity contribution is 0.0505. The van der Waals surface area contributed by atoms with Gasteiger partial charge < -0.3 is 14.4 Å². The molecule has 3 aromatic carbocycles. The molecule has 0 radical (unpaired) electrons. The van der Waals surface area contributed by atoms with E-state index < -0.39 is 0 Å². The number of aromatic nitrogens is 2. The molecule has 0 fully saturated rings. The molecule has 5 nitrogen and oxygen atoms in total. The zero-order valence-electron chi connectivity index (χ0n) is 18.9. The van der Waals surface area contributed by atoms with Crippen LogP contribution < -0.4 is 9.64 Å². The third-order valence-electron chi connectivity index (χ3n) is 6.21. The van der Waals surface area contributed by atoms with Gasteiger partial charge in [-0.25, -0.2) is 4.98 Å². The maximum Gasteiger partial charge on any atom is 0.188 e. The van der Waals surface area contributed by atoms with Crippen molar-refractivity contribution in [1.82, 2.24) is 9.97 Å². The van der Waals surface area contributed by atoms with Crippen molar-refractivity contribution in [3.05, 3.63) is 96.2 Å². The van der Waals surface area contributed by atoms with Crippen LogP contribution in [0.1, 0.15) is 23.6 Å². The SMILES string of the molecule is COCOc1cccc2c1CCC2N(C)c1cnc(-c2ccccc2)c(-c2ccccc2)n1. The largest absolute Gasteiger partial charge is 0.467 e. The zero-order chi connectivity index (χ0) is 22.6. The average Bonchev–Trinajstić information content (AvgIpc) is 3.32. The third kappa shape index (κ3) is 4.20. The minimum Gasteiger partial charge on any atom is -0.467 e. The first-order valence-electron chi connectivity index (χ1n) is 11.2. The molecule has 1 aliphatic rings. The predicted molar refractivity (Wildman–Crippen MR) is 131 cm³/mol. The minimum atomic E-state index is 0.214. The molecule has 0 saturated heterocycles.